The molecule has 0 fully saturated rings. The normalized spacial score (nSPS) is 11.7. The molecule has 0 unspecified atom stereocenters. The minimum absolute atomic E-state index is 0.0144. The smallest absolute Gasteiger partial charge is 0.332 e. The number of carbonyl (C=O) groups excluding carboxylic acids is 1. The van der Waals surface area contributed by atoms with Crippen LogP contribution < -0.4 is 11.4 Å². The number of pyridine rings is 1. The zero-order valence-electron chi connectivity index (χ0n) is 16.3. The van der Waals surface area contributed by atoms with Crippen LogP contribution in [-0.2, 0) is 5.41 Å². The van der Waals surface area contributed by atoms with Crippen LogP contribution in [0, 0.1) is 0 Å². The van der Waals surface area contributed by atoms with Crippen LogP contribution in [0.1, 0.15) is 36.8 Å². The van der Waals surface area contributed by atoms with Crippen molar-refractivity contribution < 1.29 is 4.79 Å². The maximum atomic E-state index is 12.7. The molecule has 0 saturated carbocycles. The number of imidazole rings is 1. The number of primary amides is 1. The van der Waals surface area contributed by atoms with E-state index in [4.69, 9.17) is 5.73 Å². The summed E-state index contributed by atoms with van der Waals surface area (Å²) in [5.74, 6) is -0.461. The highest BCUT2D eigenvalue weighted by Gasteiger charge is 2.20. The number of nitrogens with one attached hydrogen (secondary N) is 1. The van der Waals surface area contributed by atoms with Crippen molar-refractivity contribution in [1.29, 1.82) is 0 Å². The number of hydrogen-bond acceptors (Lipinski definition) is 5. The Morgan fingerprint density at radius 3 is 2.28 bits per heavy atom. The summed E-state index contributed by atoms with van der Waals surface area (Å²) in [6.45, 7) is 6.35. The number of benzene rings is 1. The Morgan fingerprint density at radius 2 is 1.69 bits per heavy atom. The van der Waals surface area contributed by atoms with E-state index >= 15 is 0 Å². The molecule has 4 rings (SSSR count). The van der Waals surface area contributed by atoms with Gasteiger partial charge < -0.3 is 10.7 Å². The highest BCUT2D eigenvalue weighted by atomic mass is 16.2. The van der Waals surface area contributed by atoms with E-state index in [0.29, 0.717) is 11.3 Å². The third kappa shape index (κ3) is 3.29. The monoisotopic (exact) mass is 388 g/mol. The summed E-state index contributed by atoms with van der Waals surface area (Å²) < 4.78 is 1.42. The average Bonchev–Trinajstić information content (AvgIpc) is 3.02. The van der Waals surface area contributed by atoms with E-state index in [1.54, 1.807) is 24.5 Å². The summed E-state index contributed by atoms with van der Waals surface area (Å²) in [7, 11) is 0. The fourth-order valence-electron chi connectivity index (χ4n) is 3.14. The van der Waals surface area contributed by atoms with Crippen molar-refractivity contribution in [3.63, 3.8) is 0 Å². The fraction of sp³-hybridized carbons (Fsp3) is 0.190. The first kappa shape index (κ1) is 18.5. The second-order valence-electron chi connectivity index (χ2n) is 7.76. The van der Waals surface area contributed by atoms with Crippen molar-refractivity contribution >= 4 is 17.1 Å². The van der Waals surface area contributed by atoms with Gasteiger partial charge in [-0.3, -0.25) is 9.78 Å². The Balaban J connectivity index is 1.98. The number of hydrogen-bond donors (Lipinski definition) is 2. The molecule has 0 bridgehead atoms. The molecule has 146 valence electrons. The first-order valence-electron chi connectivity index (χ1n) is 9.09. The van der Waals surface area contributed by atoms with Gasteiger partial charge in [0.15, 0.2) is 17.2 Å². The lowest BCUT2D eigenvalue weighted by atomic mass is 9.87. The van der Waals surface area contributed by atoms with Crippen LogP contribution in [0.15, 0.2) is 53.6 Å². The Bertz CT molecular complexity index is 1270. The molecule has 0 atom stereocenters. The largest absolute Gasteiger partial charge is 0.364 e. The number of nitrogens with zero attached hydrogens (tertiary/aromatic N) is 4. The molecule has 0 radical (unpaired) electrons. The first-order chi connectivity index (χ1) is 13.8. The summed E-state index contributed by atoms with van der Waals surface area (Å²) in [5.41, 5.74) is 7.96. The van der Waals surface area contributed by atoms with Gasteiger partial charge >= 0.3 is 5.69 Å². The van der Waals surface area contributed by atoms with Gasteiger partial charge in [-0.25, -0.2) is 19.3 Å². The minimum Gasteiger partial charge on any atom is -0.364 e. The topological polar surface area (TPSA) is 120 Å². The molecule has 0 aliphatic rings. The second kappa shape index (κ2) is 6.66. The summed E-state index contributed by atoms with van der Waals surface area (Å²) in [4.78, 5) is 40.2. The van der Waals surface area contributed by atoms with Crippen LogP contribution in [0.2, 0.25) is 0 Å². The molecule has 8 nitrogen and oxygen atoms in total. The molecule has 0 spiro atoms. The molecule has 1 amide bonds. The predicted octanol–water partition coefficient (Wildman–Crippen LogP) is 2.57. The van der Waals surface area contributed by atoms with Crippen LogP contribution in [-0.4, -0.2) is 30.4 Å². The van der Waals surface area contributed by atoms with E-state index < -0.39 is 11.6 Å². The average molecular weight is 388 g/mol. The van der Waals surface area contributed by atoms with Gasteiger partial charge in [-0.15, -0.1) is 0 Å². The minimum atomic E-state index is -0.746. The van der Waals surface area contributed by atoms with E-state index in [-0.39, 0.29) is 28.1 Å². The number of amides is 1. The Hall–Kier alpha value is -3.81. The number of nitrogens with two attached hydrogens (primary N) is 1. The quantitative estimate of drug-likeness (QED) is 0.559. The van der Waals surface area contributed by atoms with Gasteiger partial charge in [0.1, 0.15) is 5.52 Å². The molecule has 1 aromatic carbocycles. The fourth-order valence-corrected chi connectivity index (χ4v) is 3.14. The lowest BCUT2D eigenvalue weighted by Crippen LogP contribution is -2.16. The molecular weight excluding hydrogens is 368 g/mol. The number of H-pyrrole nitrogens is 1. The molecule has 29 heavy (non-hydrogen) atoms. The Morgan fingerprint density at radius 1 is 1.03 bits per heavy atom. The van der Waals surface area contributed by atoms with Crippen molar-refractivity contribution in [2.45, 2.75) is 26.2 Å². The molecular formula is C21H20N6O2. The van der Waals surface area contributed by atoms with E-state index in [2.05, 4.69) is 40.7 Å². The second-order valence-corrected chi connectivity index (χ2v) is 7.76. The van der Waals surface area contributed by atoms with E-state index in [1.807, 2.05) is 24.3 Å². The van der Waals surface area contributed by atoms with Crippen LogP contribution in [0.4, 0.5) is 0 Å². The zero-order valence-corrected chi connectivity index (χ0v) is 16.3. The number of rotatable bonds is 3. The molecule has 3 aromatic heterocycles. The van der Waals surface area contributed by atoms with E-state index in [0.717, 1.165) is 5.56 Å². The van der Waals surface area contributed by atoms with Crippen molar-refractivity contribution in [2.24, 2.45) is 5.73 Å². The SMILES string of the molecule is CC(C)(C)c1ccc(-n2c(=O)[nH]c3c(C(N)=O)nc(-c4ccncc4)nc32)cc1. The third-order valence-corrected chi connectivity index (χ3v) is 4.70. The van der Waals surface area contributed by atoms with Crippen molar-refractivity contribution in [1.82, 2.24) is 24.5 Å². The number of aromatic nitrogens is 5. The van der Waals surface area contributed by atoms with Gasteiger partial charge in [0.05, 0.1) is 5.69 Å². The Kier molecular flexibility index (Phi) is 4.26. The van der Waals surface area contributed by atoms with Crippen LogP contribution in [0.5, 0.6) is 0 Å². The molecule has 0 aliphatic heterocycles. The van der Waals surface area contributed by atoms with E-state index in [1.165, 1.54) is 4.57 Å². The number of aromatic amines is 1. The third-order valence-electron chi connectivity index (χ3n) is 4.70. The van der Waals surface area contributed by atoms with Crippen LogP contribution in [0.25, 0.3) is 28.2 Å². The lowest BCUT2D eigenvalue weighted by molar-refractivity contribution is 0.0997. The molecule has 4 aromatic rings. The molecule has 0 aliphatic carbocycles. The summed E-state index contributed by atoms with van der Waals surface area (Å²) >= 11 is 0. The highest BCUT2D eigenvalue weighted by molar-refractivity contribution is 6.02. The number of carbonyl (C=O) groups is 1. The van der Waals surface area contributed by atoms with Gasteiger partial charge in [0, 0.05) is 18.0 Å². The van der Waals surface area contributed by atoms with Crippen molar-refractivity contribution in [2.75, 3.05) is 0 Å². The van der Waals surface area contributed by atoms with Crippen LogP contribution in [0.3, 0.4) is 0 Å². The van der Waals surface area contributed by atoms with Crippen molar-refractivity contribution in [3.8, 4) is 17.1 Å². The van der Waals surface area contributed by atoms with Gasteiger partial charge in [0.25, 0.3) is 5.91 Å². The van der Waals surface area contributed by atoms with Crippen molar-refractivity contribution in [3.05, 3.63) is 70.5 Å². The van der Waals surface area contributed by atoms with Gasteiger partial charge in [-0.05, 0) is 35.2 Å². The summed E-state index contributed by atoms with van der Waals surface area (Å²) in [5, 5.41) is 0. The molecule has 3 N–H and O–H groups in total. The first-order valence-corrected chi connectivity index (χ1v) is 9.09. The maximum Gasteiger partial charge on any atom is 0.332 e. The predicted molar refractivity (Wildman–Crippen MR) is 110 cm³/mol. The number of fused-ring (bicyclic) bond motifs is 1. The van der Waals surface area contributed by atoms with E-state index in [9.17, 15) is 9.59 Å². The summed E-state index contributed by atoms with van der Waals surface area (Å²) in [6, 6.07) is 11.1. The highest BCUT2D eigenvalue weighted by Crippen LogP contribution is 2.25. The summed E-state index contributed by atoms with van der Waals surface area (Å²) in [6.07, 6.45) is 3.20. The molecule has 0 saturated heterocycles. The zero-order chi connectivity index (χ0) is 20.8. The molecule has 8 heteroatoms. The van der Waals surface area contributed by atoms with Gasteiger partial charge in [-0.2, -0.15) is 0 Å². The standard InChI is InChI=1S/C21H20N6O2/c1-21(2,3)13-4-6-14(7-5-13)27-19-16(25-20(27)29)15(17(22)28)24-18(26-19)12-8-10-23-11-9-12/h4-11H,1-3H3,(H2,22,28)(H,25,29). The van der Waals surface area contributed by atoms with Crippen LogP contribution >= 0.6 is 0 Å². The lowest BCUT2D eigenvalue weighted by Gasteiger charge is -2.19. The van der Waals surface area contributed by atoms with Gasteiger partial charge in [-0.1, -0.05) is 32.9 Å². The Labute approximate surface area is 166 Å². The maximum absolute atomic E-state index is 12.7. The van der Waals surface area contributed by atoms with Gasteiger partial charge in [0.2, 0.25) is 0 Å². The molecule has 3 heterocycles.